The molecule has 0 aromatic heterocycles. The molecule has 0 bridgehead atoms. The first-order chi connectivity index (χ1) is 17.1. The van der Waals surface area contributed by atoms with Crippen LogP contribution in [0.3, 0.4) is 0 Å². The average Bonchev–Trinajstić information content (AvgIpc) is 3.01. The van der Waals surface area contributed by atoms with Crippen molar-refractivity contribution in [3.05, 3.63) is 65.7 Å². The highest BCUT2D eigenvalue weighted by molar-refractivity contribution is 6.66. The van der Waals surface area contributed by atoms with Crippen LogP contribution in [0.4, 0.5) is 0 Å². The minimum Gasteiger partial charge on any atom is -0.399 e. The lowest BCUT2D eigenvalue weighted by molar-refractivity contribution is 0.00578. The first-order valence-corrected chi connectivity index (χ1v) is 13.6. The van der Waals surface area contributed by atoms with Crippen LogP contribution in [0, 0.1) is 0 Å². The van der Waals surface area contributed by atoms with E-state index in [1.165, 1.54) is 54.2 Å². The fraction of sp³-hybridized carbons (Fsp3) is 0.412. The van der Waals surface area contributed by atoms with E-state index >= 15 is 0 Å². The Kier molecular flexibility index (Phi) is 5.00. The van der Waals surface area contributed by atoms with E-state index in [2.05, 4.69) is 124 Å². The Balaban J connectivity index is 1.76. The molecule has 0 amide bonds. The van der Waals surface area contributed by atoms with Crippen LogP contribution in [0.25, 0.3) is 43.1 Å². The first-order valence-electron chi connectivity index (χ1n) is 13.6. The zero-order valence-electron chi connectivity index (χ0n) is 24.1. The molecule has 5 aromatic carbocycles. The van der Waals surface area contributed by atoms with Crippen LogP contribution in [0.1, 0.15) is 80.4 Å². The highest BCUT2D eigenvalue weighted by Crippen LogP contribution is 2.44. The lowest BCUT2D eigenvalue weighted by atomic mass is 9.73. The molecule has 37 heavy (non-hydrogen) atoms. The highest BCUT2D eigenvalue weighted by atomic mass is 16.7. The van der Waals surface area contributed by atoms with Gasteiger partial charge >= 0.3 is 7.12 Å². The van der Waals surface area contributed by atoms with Crippen LogP contribution in [-0.2, 0) is 20.1 Å². The number of rotatable bonds is 1. The van der Waals surface area contributed by atoms with Gasteiger partial charge in [0.15, 0.2) is 0 Å². The zero-order chi connectivity index (χ0) is 26.7. The van der Waals surface area contributed by atoms with Gasteiger partial charge in [0.1, 0.15) is 0 Å². The second-order valence-corrected chi connectivity index (χ2v) is 14.2. The van der Waals surface area contributed by atoms with E-state index < -0.39 is 7.12 Å². The third kappa shape index (κ3) is 3.61. The van der Waals surface area contributed by atoms with Crippen LogP contribution >= 0.6 is 0 Å². The Morgan fingerprint density at radius 1 is 0.568 bits per heavy atom. The molecule has 0 radical (unpaired) electrons. The summed E-state index contributed by atoms with van der Waals surface area (Å²) in [6.45, 7) is 22.3. The number of hydrogen-bond donors (Lipinski definition) is 0. The van der Waals surface area contributed by atoms with Gasteiger partial charge in [0.25, 0.3) is 0 Å². The second kappa shape index (κ2) is 7.49. The van der Waals surface area contributed by atoms with Gasteiger partial charge in [-0.15, -0.1) is 0 Å². The molecule has 0 saturated carbocycles. The molecule has 0 atom stereocenters. The van der Waals surface area contributed by atoms with Gasteiger partial charge in [0.2, 0.25) is 0 Å². The molecule has 1 fully saturated rings. The molecule has 0 spiro atoms. The normalized spacial score (nSPS) is 18.2. The van der Waals surface area contributed by atoms with Crippen molar-refractivity contribution in [3.8, 4) is 0 Å². The van der Waals surface area contributed by atoms with Crippen LogP contribution in [0.5, 0.6) is 0 Å². The smallest absolute Gasteiger partial charge is 0.399 e. The second-order valence-electron chi connectivity index (χ2n) is 14.2. The van der Waals surface area contributed by atoms with E-state index in [9.17, 15) is 0 Å². The van der Waals surface area contributed by atoms with E-state index in [-0.39, 0.29) is 22.0 Å². The van der Waals surface area contributed by atoms with E-state index in [1.807, 2.05) is 0 Å². The Bertz CT molecular complexity index is 1610. The quantitative estimate of drug-likeness (QED) is 0.133. The molecule has 1 aliphatic heterocycles. The molecular weight excluding hydrogens is 451 g/mol. The molecule has 0 unspecified atom stereocenters. The largest absolute Gasteiger partial charge is 0.495 e. The Labute approximate surface area is 221 Å². The molecular formula is C34H39BO2. The Morgan fingerprint density at radius 2 is 1.05 bits per heavy atom. The van der Waals surface area contributed by atoms with Crippen molar-refractivity contribution in [2.24, 2.45) is 0 Å². The molecule has 5 aromatic rings. The number of fused-ring (bicyclic) bond motifs is 2. The topological polar surface area (TPSA) is 18.5 Å². The molecule has 1 aliphatic rings. The molecule has 0 aliphatic carbocycles. The average molecular weight is 490 g/mol. The lowest BCUT2D eigenvalue weighted by Gasteiger charge is -2.32. The van der Waals surface area contributed by atoms with Crippen molar-refractivity contribution in [1.29, 1.82) is 0 Å². The van der Waals surface area contributed by atoms with Gasteiger partial charge in [-0.1, -0.05) is 84.0 Å². The summed E-state index contributed by atoms with van der Waals surface area (Å²) in [7, 11) is -0.391. The maximum atomic E-state index is 6.52. The molecule has 6 rings (SSSR count). The summed E-state index contributed by atoms with van der Waals surface area (Å²) in [5.41, 5.74) is 3.21. The molecule has 1 heterocycles. The summed E-state index contributed by atoms with van der Waals surface area (Å²) in [4.78, 5) is 0. The first kappa shape index (κ1) is 24.7. The summed E-state index contributed by atoms with van der Waals surface area (Å²) in [6, 6.07) is 21.0. The van der Waals surface area contributed by atoms with Gasteiger partial charge in [-0.3, -0.25) is 0 Å². The van der Waals surface area contributed by atoms with Crippen molar-refractivity contribution in [3.63, 3.8) is 0 Å². The summed E-state index contributed by atoms with van der Waals surface area (Å²) < 4.78 is 13.0. The summed E-state index contributed by atoms with van der Waals surface area (Å²) in [5.74, 6) is 0. The van der Waals surface area contributed by atoms with Gasteiger partial charge in [-0.05, 0) is 110 Å². The number of benzene rings is 5. The van der Waals surface area contributed by atoms with E-state index in [1.54, 1.807) is 0 Å². The van der Waals surface area contributed by atoms with Gasteiger partial charge in [0, 0.05) is 0 Å². The predicted molar refractivity (Wildman–Crippen MR) is 161 cm³/mol. The van der Waals surface area contributed by atoms with Gasteiger partial charge in [0.05, 0.1) is 11.2 Å². The van der Waals surface area contributed by atoms with Crippen molar-refractivity contribution >= 4 is 55.7 Å². The SMILES string of the molecule is CC(C)(C)c1cc2cc(C(C)(C)C)cc3c4ccc(B5OC(C)(C)C(C)(C)O5)c5cccc(c(c1)c23)c54. The van der Waals surface area contributed by atoms with Crippen LogP contribution in [-0.4, -0.2) is 18.3 Å². The maximum Gasteiger partial charge on any atom is 0.495 e. The third-order valence-electron chi connectivity index (χ3n) is 8.94. The van der Waals surface area contributed by atoms with E-state index in [0.29, 0.717) is 0 Å². The van der Waals surface area contributed by atoms with Crippen molar-refractivity contribution < 1.29 is 9.31 Å². The number of hydrogen-bond acceptors (Lipinski definition) is 2. The minimum absolute atomic E-state index is 0.0568. The van der Waals surface area contributed by atoms with Crippen LogP contribution in [0.2, 0.25) is 0 Å². The molecule has 2 nitrogen and oxygen atoms in total. The summed E-state index contributed by atoms with van der Waals surface area (Å²) >= 11 is 0. The molecule has 1 saturated heterocycles. The molecule has 3 heteroatoms. The lowest BCUT2D eigenvalue weighted by Crippen LogP contribution is -2.41. The maximum absolute atomic E-state index is 6.52. The van der Waals surface area contributed by atoms with Crippen molar-refractivity contribution in [2.45, 2.75) is 91.3 Å². The van der Waals surface area contributed by atoms with Crippen molar-refractivity contribution in [2.75, 3.05) is 0 Å². The fourth-order valence-electron chi connectivity index (χ4n) is 5.86. The summed E-state index contributed by atoms with van der Waals surface area (Å²) in [5, 5.41) is 10.5. The predicted octanol–water partition coefficient (Wildman–Crippen LogP) is 8.63. The zero-order valence-corrected chi connectivity index (χ0v) is 24.1. The fourth-order valence-corrected chi connectivity index (χ4v) is 5.86. The minimum atomic E-state index is -0.391. The highest BCUT2D eigenvalue weighted by Gasteiger charge is 2.52. The molecule has 190 valence electrons. The van der Waals surface area contributed by atoms with Gasteiger partial charge in [-0.2, -0.15) is 0 Å². The van der Waals surface area contributed by atoms with Crippen LogP contribution in [0.15, 0.2) is 54.6 Å². The van der Waals surface area contributed by atoms with Gasteiger partial charge in [-0.25, -0.2) is 0 Å². The Morgan fingerprint density at radius 3 is 1.57 bits per heavy atom. The van der Waals surface area contributed by atoms with Crippen LogP contribution < -0.4 is 5.46 Å². The third-order valence-corrected chi connectivity index (χ3v) is 8.94. The van der Waals surface area contributed by atoms with Gasteiger partial charge < -0.3 is 9.31 Å². The summed E-state index contributed by atoms with van der Waals surface area (Å²) in [6.07, 6.45) is 0. The van der Waals surface area contributed by atoms with Crippen molar-refractivity contribution in [1.82, 2.24) is 0 Å². The molecule has 0 N–H and O–H groups in total. The standard InChI is InChI=1S/C34H39BO2/c1-31(2,3)21-16-20-17-22(32(4,5)6)19-27-24-14-15-28(35-36-33(7,8)34(9,10)37-35)25-13-11-12-23(30(24)25)26(18-21)29(20)27/h11-19H,1-10H3. The van der Waals surface area contributed by atoms with E-state index in [0.717, 1.165) is 5.46 Å². The van der Waals surface area contributed by atoms with E-state index in [4.69, 9.17) is 9.31 Å². The monoisotopic (exact) mass is 490 g/mol. The Hall–Kier alpha value is -2.62.